The molecule has 102 valence electrons. The van der Waals surface area contributed by atoms with Crippen LogP contribution in [0.1, 0.15) is 5.56 Å². The molecule has 0 fully saturated rings. The second kappa shape index (κ2) is 4.56. The summed E-state index contributed by atoms with van der Waals surface area (Å²) in [6.45, 7) is 0.0254. The third-order valence-corrected chi connectivity index (χ3v) is 3.08. The fraction of sp³-hybridized carbons (Fsp3) is 0.0714. The topological polar surface area (TPSA) is 43.8 Å². The van der Waals surface area contributed by atoms with Gasteiger partial charge in [0.25, 0.3) is 0 Å². The first kappa shape index (κ1) is 12.5. The molecule has 0 aliphatic rings. The highest BCUT2D eigenvalue weighted by Crippen LogP contribution is 2.21. The van der Waals surface area contributed by atoms with Crippen LogP contribution in [0.3, 0.4) is 0 Å². The molecule has 0 spiro atoms. The zero-order chi connectivity index (χ0) is 14.3. The highest BCUT2D eigenvalue weighted by atomic mass is 19.1. The van der Waals surface area contributed by atoms with Crippen molar-refractivity contribution in [3.05, 3.63) is 59.4 Å². The molecule has 0 aliphatic carbocycles. The van der Waals surface area contributed by atoms with Crippen LogP contribution in [0.25, 0.3) is 11.0 Å². The van der Waals surface area contributed by atoms with E-state index in [0.717, 1.165) is 18.2 Å². The summed E-state index contributed by atoms with van der Waals surface area (Å²) in [5, 5.41) is 0. The lowest BCUT2D eigenvalue weighted by molar-refractivity contribution is 0.579. The van der Waals surface area contributed by atoms with E-state index < -0.39 is 17.5 Å². The van der Waals surface area contributed by atoms with E-state index in [2.05, 4.69) is 4.98 Å². The minimum Gasteiger partial charge on any atom is -0.369 e. The van der Waals surface area contributed by atoms with Gasteiger partial charge in [0.15, 0.2) is 0 Å². The Kier molecular flexibility index (Phi) is 2.85. The number of hydrogen-bond acceptors (Lipinski definition) is 2. The maximum atomic E-state index is 13.7. The average molecular weight is 277 g/mol. The van der Waals surface area contributed by atoms with Crippen LogP contribution in [0.15, 0.2) is 36.4 Å². The molecule has 1 heterocycles. The van der Waals surface area contributed by atoms with Gasteiger partial charge < -0.3 is 10.3 Å². The van der Waals surface area contributed by atoms with Gasteiger partial charge in [-0.2, -0.15) is 0 Å². The molecule has 0 saturated heterocycles. The Morgan fingerprint density at radius 1 is 1.00 bits per heavy atom. The third kappa shape index (κ3) is 2.09. The lowest BCUT2D eigenvalue weighted by atomic mass is 10.2. The van der Waals surface area contributed by atoms with Crippen LogP contribution in [0, 0.1) is 17.5 Å². The van der Waals surface area contributed by atoms with Crippen LogP contribution in [-0.2, 0) is 6.54 Å². The number of anilines is 1. The molecular weight excluding hydrogens is 267 g/mol. The van der Waals surface area contributed by atoms with Crippen molar-refractivity contribution in [3.63, 3.8) is 0 Å². The molecule has 2 aromatic carbocycles. The van der Waals surface area contributed by atoms with E-state index in [-0.39, 0.29) is 18.1 Å². The van der Waals surface area contributed by atoms with Gasteiger partial charge >= 0.3 is 0 Å². The Morgan fingerprint density at radius 3 is 2.50 bits per heavy atom. The molecular formula is C14H10F3N3. The molecule has 3 rings (SSSR count). The van der Waals surface area contributed by atoms with E-state index in [0.29, 0.717) is 11.0 Å². The first-order valence-electron chi connectivity index (χ1n) is 5.90. The van der Waals surface area contributed by atoms with Crippen molar-refractivity contribution >= 4 is 17.0 Å². The Labute approximate surface area is 112 Å². The fourth-order valence-electron chi connectivity index (χ4n) is 2.12. The van der Waals surface area contributed by atoms with E-state index in [1.54, 1.807) is 0 Å². The Bertz CT molecular complexity index is 796. The Balaban J connectivity index is 2.10. The van der Waals surface area contributed by atoms with Crippen molar-refractivity contribution in [2.45, 2.75) is 6.54 Å². The van der Waals surface area contributed by atoms with Gasteiger partial charge in [0.05, 0.1) is 17.6 Å². The zero-order valence-corrected chi connectivity index (χ0v) is 10.3. The van der Waals surface area contributed by atoms with Gasteiger partial charge in [-0.15, -0.1) is 0 Å². The summed E-state index contributed by atoms with van der Waals surface area (Å²) in [5.41, 5.74) is 6.84. The predicted molar refractivity (Wildman–Crippen MR) is 69.6 cm³/mol. The first-order chi connectivity index (χ1) is 9.54. The monoisotopic (exact) mass is 277 g/mol. The van der Waals surface area contributed by atoms with Crippen LogP contribution in [-0.4, -0.2) is 9.55 Å². The minimum absolute atomic E-state index is 0.0254. The standard InChI is InChI=1S/C14H10F3N3/c15-9-1-3-11(17)8(5-9)7-20-13-4-2-10(16)6-12(13)19-14(20)18/h1-6H,7H2,(H2,18,19). The molecule has 0 radical (unpaired) electrons. The normalized spacial score (nSPS) is 11.2. The van der Waals surface area contributed by atoms with E-state index in [4.69, 9.17) is 5.73 Å². The van der Waals surface area contributed by atoms with Crippen molar-refractivity contribution in [2.75, 3.05) is 5.73 Å². The molecule has 0 saturated carbocycles. The van der Waals surface area contributed by atoms with Crippen LogP contribution in [0.5, 0.6) is 0 Å². The summed E-state index contributed by atoms with van der Waals surface area (Å²) in [6, 6.07) is 7.21. The highest BCUT2D eigenvalue weighted by Gasteiger charge is 2.12. The molecule has 0 unspecified atom stereocenters. The Morgan fingerprint density at radius 2 is 1.70 bits per heavy atom. The van der Waals surface area contributed by atoms with Crippen molar-refractivity contribution in [2.24, 2.45) is 0 Å². The average Bonchev–Trinajstić information content (AvgIpc) is 2.69. The molecule has 2 N–H and O–H groups in total. The molecule has 20 heavy (non-hydrogen) atoms. The minimum atomic E-state index is -0.533. The summed E-state index contributed by atoms with van der Waals surface area (Å²) < 4.78 is 41.5. The fourth-order valence-corrected chi connectivity index (χ4v) is 2.12. The SMILES string of the molecule is Nc1nc2cc(F)ccc2n1Cc1cc(F)ccc1F. The van der Waals surface area contributed by atoms with Crippen LogP contribution in [0.2, 0.25) is 0 Å². The summed E-state index contributed by atoms with van der Waals surface area (Å²) in [7, 11) is 0. The van der Waals surface area contributed by atoms with E-state index in [1.807, 2.05) is 0 Å². The van der Waals surface area contributed by atoms with E-state index in [9.17, 15) is 13.2 Å². The smallest absolute Gasteiger partial charge is 0.201 e. The summed E-state index contributed by atoms with van der Waals surface area (Å²) in [5.74, 6) is -1.38. The van der Waals surface area contributed by atoms with Crippen molar-refractivity contribution in [3.8, 4) is 0 Å². The molecule has 3 aromatic rings. The van der Waals surface area contributed by atoms with Gasteiger partial charge in [0.1, 0.15) is 17.5 Å². The number of halogens is 3. The number of imidazole rings is 1. The number of nitrogen functional groups attached to an aromatic ring is 1. The number of nitrogens with two attached hydrogens (primary N) is 1. The number of hydrogen-bond donors (Lipinski definition) is 1. The van der Waals surface area contributed by atoms with Crippen LogP contribution in [0.4, 0.5) is 19.1 Å². The van der Waals surface area contributed by atoms with Crippen LogP contribution >= 0.6 is 0 Å². The summed E-state index contributed by atoms with van der Waals surface area (Å²) in [4.78, 5) is 4.01. The molecule has 6 heteroatoms. The van der Waals surface area contributed by atoms with Gasteiger partial charge in [-0.25, -0.2) is 18.2 Å². The number of rotatable bonds is 2. The highest BCUT2D eigenvalue weighted by molar-refractivity contribution is 5.78. The molecule has 0 amide bonds. The first-order valence-corrected chi connectivity index (χ1v) is 5.90. The van der Waals surface area contributed by atoms with Crippen molar-refractivity contribution in [1.82, 2.24) is 9.55 Å². The maximum Gasteiger partial charge on any atom is 0.201 e. The zero-order valence-electron chi connectivity index (χ0n) is 10.3. The molecule has 0 bridgehead atoms. The number of nitrogens with zero attached hydrogens (tertiary/aromatic N) is 2. The maximum absolute atomic E-state index is 13.7. The van der Waals surface area contributed by atoms with Crippen molar-refractivity contribution in [1.29, 1.82) is 0 Å². The predicted octanol–water partition coefficient (Wildman–Crippen LogP) is 3.08. The quantitative estimate of drug-likeness (QED) is 0.782. The van der Waals surface area contributed by atoms with E-state index >= 15 is 0 Å². The molecule has 0 aliphatic heterocycles. The number of fused-ring (bicyclic) bond motifs is 1. The third-order valence-electron chi connectivity index (χ3n) is 3.08. The molecule has 3 nitrogen and oxygen atoms in total. The largest absolute Gasteiger partial charge is 0.369 e. The lowest BCUT2D eigenvalue weighted by Crippen LogP contribution is -2.06. The summed E-state index contributed by atoms with van der Waals surface area (Å²) >= 11 is 0. The van der Waals surface area contributed by atoms with Gasteiger partial charge in [-0.3, -0.25) is 0 Å². The van der Waals surface area contributed by atoms with E-state index in [1.165, 1.54) is 22.8 Å². The van der Waals surface area contributed by atoms with Gasteiger partial charge in [0, 0.05) is 11.6 Å². The summed E-state index contributed by atoms with van der Waals surface area (Å²) in [6.07, 6.45) is 0. The van der Waals surface area contributed by atoms with Crippen LogP contribution < -0.4 is 5.73 Å². The Hall–Kier alpha value is -2.50. The second-order valence-corrected chi connectivity index (χ2v) is 4.42. The lowest BCUT2D eigenvalue weighted by Gasteiger charge is -2.08. The second-order valence-electron chi connectivity index (χ2n) is 4.42. The van der Waals surface area contributed by atoms with Crippen molar-refractivity contribution < 1.29 is 13.2 Å². The number of aromatic nitrogens is 2. The number of benzene rings is 2. The molecule has 1 aromatic heterocycles. The molecule has 0 atom stereocenters. The van der Waals surface area contributed by atoms with Gasteiger partial charge in [-0.1, -0.05) is 0 Å². The van der Waals surface area contributed by atoms with Gasteiger partial charge in [0.2, 0.25) is 5.95 Å². The van der Waals surface area contributed by atoms with Gasteiger partial charge in [-0.05, 0) is 30.3 Å².